The van der Waals surface area contributed by atoms with Crippen LogP contribution in [0.25, 0.3) is 0 Å². The van der Waals surface area contributed by atoms with Crippen molar-refractivity contribution in [2.75, 3.05) is 32.9 Å². The summed E-state index contributed by atoms with van der Waals surface area (Å²) in [4.78, 5) is 14.7. The van der Waals surface area contributed by atoms with E-state index >= 15 is 0 Å². The minimum absolute atomic E-state index is 0.0123. The first kappa shape index (κ1) is 16.0. The number of nitrogens with zero attached hydrogens (tertiary/aromatic N) is 1. The third-order valence-corrected chi connectivity index (χ3v) is 4.52. The molecule has 0 bridgehead atoms. The van der Waals surface area contributed by atoms with E-state index in [2.05, 4.69) is 12.1 Å². The number of carbonyl (C=O) groups excluding carboxylic acids is 1. The third kappa shape index (κ3) is 3.61. The highest BCUT2D eigenvalue weighted by atomic mass is 16.6. The molecular formula is C20H21NO4. The molecule has 5 heteroatoms. The van der Waals surface area contributed by atoms with Crippen molar-refractivity contribution in [2.45, 2.75) is 12.5 Å². The van der Waals surface area contributed by atoms with Gasteiger partial charge in [-0.2, -0.15) is 0 Å². The quantitative estimate of drug-likeness (QED) is 0.862. The number of morpholine rings is 1. The largest absolute Gasteiger partial charge is 0.486 e. The average molecular weight is 339 g/mol. The first-order valence-corrected chi connectivity index (χ1v) is 8.64. The van der Waals surface area contributed by atoms with Gasteiger partial charge in [0.2, 0.25) is 0 Å². The zero-order valence-electron chi connectivity index (χ0n) is 14.0. The van der Waals surface area contributed by atoms with Crippen molar-refractivity contribution in [3.63, 3.8) is 0 Å². The van der Waals surface area contributed by atoms with E-state index in [0.717, 1.165) is 6.42 Å². The van der Waals surface area contributed by atoms with E-state index in [1.807, 2.05) is 29.2 Å². The van der Waals surface area contributed by atoms with Crippen LogP contribution < -0.4 is 9.47 Å². The summed E-state index contributed by atoms with van der Waals surface area (Å²) in [5.74, 6) is 1.36. The second-order valence-electron chi connectivity index (χ2n) is 6.29. The fourth-order valence-corrected chi connectivity index (χ4v) is 3.26. The molecule has 0 unspecified atom stereocenters. The number of fused-ring (bicyclic) bond motifs is 1. The summed E-state index contributed by atoms with van der Waals surface area (Å²) in [6.07, 6.45) is 0.837. The van der Waals surface area contributed by atoms with Crippen molar-refractivity contribution in [3.05, 3.63) is 59.7 Å². The average Bonchev–Trinajstić information content (AvgIpc) is 2.68. The molecule has 130 valence electrons. The Morgan fingerprint density at radius 1 is 1.00 bits per heavy atom. The van der Waals surface area contributed by atoms with Gasteiger partial charge in [-0.15, -0.1) is 0 Å². The topological polar surface area (TPSA) is 48.0 Å². The van der Waals surface area contributed by atoms with E-state index < -0.39 is 0 Å². The van der Waals surface area contributed by atoms with Gasteiger partial charge in [0, 0.05) is 25.1 Å². The fourth-order valence-electron chi connectivity index (χ4n) is 3.26. The Balaban J connectivity index is 1.44. The summed E-state index contributed by atoms with van der Waals surface area (Å²) >= 11 is 0. The van der Waals surface area contributed by atoms with Crippen LogP contribution in [-0.4, -0.2) is 49.8 Å². The van der Waals surface area contributed by atoms with Gasteiger partial charge in [0.05, 0.1) is 12.7 Å². The summed E-state index contributed by atoms with van der Waals surface area (Å²) in [5.41, 5.74) is 1.85. The maximum absolute atomic E-state index is 12.9. The lowest BCUT2D eigenvalue weighted by Crippen LogP contribution is -2.46. The van der Waals surface area contributed by atoms with Gasteiger partial charge in [-0.3, -0.25) is 4.79 Å². The Kier molecular flexibility index (Phi) is 4.57. The van der Waals surface area contributed by atoms with Crippen LogP contribution in [0.15, 0.2) is 48.5 Å². The second-order valence-corrected chi connectivity index (χ2v) is 6.29. The Bertz CT molecular complexity index is 747. The van der Waals surface area contributed by atoms with Gasteiger partial charge in [0.15, 0.2) is 11.5 Å². The van der Waals surface area contributed by atoms with Crippen LogP contribution in [0.3, 0.4) is 0 Å². The van der Waals surface area contributed by atoms with Crippen molar-refractivity contribution in [1.82, 2.24) is 4.90 Å². The van der Waals surface area contributed by atoms with Gasteiger partial charge < -0.3 is 19.1 Å². The van der Waals surface area contributed by atoms with Gasteiger partial charge in [-0.25, -0.2) is 0 Å². The van der Waals surface area contributed by atoms with Gasteiger partial charge in [0.25, 0.3) is 5.91 Å². The molecule has 5 nitrogen and oxygen atoms in total. The highest BCUT2D eigenvalue weighted by Gasteiger charge is 2.26. The molecule has 0 aliphatic carbocycles. The molecule has 1 fully saturated rings. The van der Waals surface area contributed by atoms with Gasteiger partial charge in [-0.1, -0.05) is 30.3 Å². The maximum Gasteiger partial charge on any atom is 0.254 e. The van der Waals surface area contributed by atoms with E-state index in [1.165, 1.54) is 5.56 Å². The molecule has 2 aromatic rings. The maximum atomic E-state index is 12.9. The Morgan fingerprint density at radius 3 is 2.64 bits per heavy atom. The zero-order valence-corrected chi connectivity index (χ0v) is 14.0. The lowest BCUT2D eigenvalue weighted by molar-refractivity contribution is -0.0208. The van der Waals surface area contributed by atoms with E-state index in [4.69, 9.17) is 14.2 Å². The van der Waals surface area contributed by atoms with Crippen molar-refractivity contribution in [3.8, 4) is 11.5 Å². The van der Waals surface area contributed by atoms with Crippen molar-refractivity contribution in [1.29, 1.82) is 0 Å². The molecule has 2 aromatic carbocycles. The van der Waals surface area contributed by atoms with Gasteiger partial charge in [-0.05, 0) is 23.8 Å². The molecule has 2 aliphatic heterocycles. The van der Waals surface area contributed by atoms with E-state index in [1.54, 1.807) is 12.1 Å². The van der Waals surface area contributed by atoms with Gasteiger partial charge >= 0.3 is 0 Å². The monoisotopic (exact) mass is 339 g/mol. The van der Waals surface area contributed by atoms with Crippen LogP contribution in [0.4, 0.5) is 0 Å². The molecule has 0 N–H and O–H groups in total. The molecule has 2 heterocycles. The van der Waals surface area contributed by atoms with Crippen molar-refractivity contribution in [2.24, 2.45) is 0 Å². The number of hydrogen-bond acceptors (Lipinski definition) is 4. The Hall–Kier alpha value is -2.53. The predicted octanol–water partition coefficient (Wildman–Crippen LogP) is 2.54. The molecule has 0 radical (unpaired) electrons. The Morgan fingerprint density at radius 2 is 1.80 bits per heavy atom. The fraction of sp³-hybridized carbons (Fsp3) is 0.350. The van der Waals surface area contributed by atoms with E-state index in [0.29, 0.717) is 50.0 Å². The molecule has 1 atom stereocenters. The van der Waals surface area contributed by atoms with Crippen LogP contribution in [0.2, 0.25) is 0 Å². The summed E-state index contributed by atoms with van der Waals surface area (Å²) in [6, 6.07) is 15.6. The molecular weight excluding hydrogens is 318 g/mol. The molecule has 0 aromatic heterocycles. The third-order valence-electron chi connectivity index (χ3n) is 4.52. The minimum atomic E-state index is 0.0123. The zero-order chi connectivity index (χ0) is 17.1. The van der Waals surface area contributed by atoms with Crippen LogP contribution in [0.1, 0.15) is 15.9 Å². The first-order chi connectivity index (χ1) is 12.3. The van der Waals surface area contributed by atoms with E-state index in [9.17, 15) is 4.79 Å². The number of ether oxygens (including phenoxy) is 3. The minimum Gasteiger partial charge on any atom is -0.486 e. The number of benzene rings is 2. The van der Waals surface area contributed by atoms with Crippen LogP contribution in [0.5, 0.6) is 11.5 Å². The predicted molar refractivity (Wildman–Crippen MR) is 93.2 cm³/mol. The van der Waals surface area contributed by atoms with Crippen LogP contribution in [-0.2, 0) is 11.2 Å². The van der Waals surface area contributed by atoms with Crippen molar-refractivity contribution < 1.29 is 19.0 Å². The molecule has 1 amide bonds. The molecule has 25 heavy (non-hydrogen) atoms. The number of carbonyl (C=O) groups is 1. The second kappa shape index (κ2) is 7.15. The smallest absolute Gasteiger partial charge is 0.254 e. The highest BCUT2D eigenvalue weighted by Crippen LogP contribution is 2.31. The summed E-state index contributed by atoms with van der Waals surface area (Å²) in [5, 5.41) is 0. The number of amides is 1. The molecule has 2 aliphatic rings. The number of hydrogen-bond donors (Lipinski definition) is 0. The van der Waals surface area contributed by atoms with E-state index in [-0.39, 0.29) is 12.0 Å². The first-order valence-electron chi connectivity index (χ1n) is 8.64. The highest BCUT2D eigenvalue weighted by molar-refractivity contribution is 5.95. The Labute approximate surface area is 147 Å². The molecule has 4 rings (SSSR count). The number of rotatable bonds is 3. The van der Waals surface area contributed by atoms with Gasteiger partial charge in [0.1, 0.15) is 13.2 Å². The normalized spacial score (nSPS) is 19.5. The summed E-state index contributed by atoms with van der Waals surface area (Å²) < 4.78 is 16.9. The van der Waals surface area contributed by atoms with Crippen LogP contribution >= 0.6 is 0 Å². The molecule has 1 saturated heterocycles. The molecule has 0 saturated carbocycles. The lowest BCUT2D eigenvalue weighted by atomic mass is 10.1. The van der Waals surface area contributed by atoms with Crippen LogP contribution in [0, 0.1) is 0 Å². The standard InChI is InChI=1S/C20H21NO4/c22-20(16-6-7-18-19(13-16)25-11-10-24-18)21-8-9-23-17(14-21)12-15-4-2-1-3-5-15/h1-7,13,17H,8-12,14H2/t17-/m1/s1. The van der Waals surface area contributed by atoms with Crippen molar-refractivity contribution >= 4 is 5.91 Å². The summed E-state index contributed by atoms with van der Waals surface area (Å²) in [6.45, 7) is 2.83. The SMILES string of the molecule is O=C(c1ccc2c(c1)OCCO2)N1CCO[C@H](Cc2ccccc2)C1. The lowest BCUT2D eigenvalue weighted by Gasteiger charge is -2.33. The summed E-state index contributed by atoms with van der Waals surface area (Å²) in [7, 11) is 0. The molecule has 0 spiro atoms.